The van der Waals surface area contributed by atoms with Gasteiger partial charge in [0.05, 0.1) is 0 Å². The minimum Gasteiger partial charge on any atom is -0.483 e. The van der Waals surface area contributed by atoms with Crippen LogP contribution < -0.4 is 4.74 Å². The second kappa shape index (κ2) is 4.62. The van der Waals surface area contributed by atoms with Crippen molar-refractivity contribution in [2.45, 2.75) is 26.4 Å². The van der Waals surface area contributed by atoms with E-state index in [2.05, 4.69) is 45.0 Å². The zero-order valence-electron chi connectivity index (χ0n) is 10.6. The normalized spacial score (nSPS) is 11.2. The van der Waals surface area contributed by atoms with Crippen LogP contribution in [0.15, 0.2) is 54.6 Å². The van der Waals surface area contributed by atoms with Crippen molar-refractivity contribution in [1.29, 1.82) is 0 Å². The summed E-state index contributed by atoms with van der Waals surface area (Å²) in [6, 6.07) is 18.4. The molecule has 0 atom stereocenters. The summed E-state index contributed by atoms with van der Waals surface area (Å²) in [6.07, 6.45) is 0. The Balaban J connectivity index is 2.23. The van der Waals surface area contributed by atoms with E-state index in [0.717, 1.165) is 5.75 Å². The van der Waals surface area contributed by atoms with Crippen molar-refractivity contribution in [3.8, 4) is 5.75 Å². The van der Waals surface area contributed by atoms with Crippen molar-refractivity contribution in [2.24, 2.45) is 0 Å². The van der Waals surface area contributed by atoms with E-state index < -0.39 is 0 Å². The van der Waals surface area contributed by atoms with Crippen molar-refractivity contribution in [3.05, 3.63) is 65.7 Å². The predicted molar refractivity (Wildman–Crippen MR) is 71.3 cm³/mol. The summed E-state index contributed by atoms with van der Waals surface area (Å²) in [7, 11) is 0. The smallest absolute Gasteiger partial charge is 0.128 e. The van der Waals surface area contributed by atoms with E-state index in [9.17, 15) is 0 Å². The molecule has 0 saturated heterocycles. The second-order valence-electron chi connectivity index (χ2n) is 4.79. The SMILES string of the molecule is Cc1cccc(OC(C)(C)c2ccccc2)c1. The van der Waals surface area contributed by atoms with Gasteiger partial charge in [0.25, 0.3) is 0 Å². The summed E-state index contributed by atoms with van der Waals surface area (Å²) < 4.78 is 6.07. The Morgan fingerprint density at radius 1 is 0.882 bits per heavy atom. The van der Waals surface area contributed by atoms with Crippen LogP contribution in [0.25, 0.3) is 0 Å². The second-order valence-corrected chi connectivity index (χ2v) is 4.79. The van der Waals surface area contributed by atoms with E-state index in [-0.39, 0.29) is 5.60 Å². The highest BCUT2D eigenvalue weighted by Crippen LogP contribution is 2.27. The Morgan fingerprint density at radius 2 is 1.59 bits per heavy atom. The van der Waals surface area contributed by atoms with Crippen LogP contribution in [0.2, 0.25) is 0 Å². The fourth-order valence-electron chi connectivity index (χ4n) is 1.87. The summed E-state index contributed by atoms with van der Waals surface area (Å²) >= 11 is 0. The first-order chi connectivity index (χ1) is 8.08. The fraction of sp³-hybridized carbons (Fsp3) is 0.250. The summed E-state index contributed by atoms with van der Waals surface area (Å²) in [5.41, 5.74) is 2.09. The van der Waals surface area contributed by atoms with Crippen LogP contribution in [0.1, 0.15) is 25.0 Å². The van der Waals surface area contributed by atoms with Gasteiger partial charge in [-0.3, -0.25) is 0 Å². The molecule has 0 spiro atoms. The minimum atomic E-state index is -0.310. The number of hydrogen-bond donors (Lipinski definition) is 0. The van der Waals surface area contributed by atoms with Gasteiger partial charge in [-0.2, -0.15) is 0 Å². The number of aryl methyl sites for hydroxylation is 1. The molecule has 0 saturated carbocycles. The lowest BCUT2D eigenvalue weighted by Gasteiger charge is -2.27. The van der Waals surface area contributed by atoms with E-state index in [1.807, 2.05) is 30.3 Å². The average molecular weight is 226 g/mol. The van der Waals surface area contributed by atoms with Crippen molar-refractivity contribution in [2.75, 3.05) is 0 Å². The van der Waals surface area contributed by atoms with Gasteiger partial charge in [0.1, 0.15) is 11.4 Å². The zero-order chi connectivity index (χ0) is 12.3. The summed E-state index contributed by atoms with van der Waals surface area (Å²) in [5.74, 6) is 0.916. The molecule has 0 aromatic heterocycles. The number of hydrogen-bond acceptors (Lipinski definition) is 1. The summed E-state index contributed by atoms with van der Waals surface area (Å²) in [4.78, 5) is 0. The lowest BCUT2D eigenvalue weighted by atomic mass is 9.98. The highest BCUT2D eigenvalue weighted by atomic mass is 16.5. The third kappa shape index (κ3) is 2.88. The predicted octanol–water partition coefficient (Wildman–Crippen LogP) is 4.31. The highest BCUT2D eigenvalue weighted by molar-refractivity contribution is 5.30. The largest absolute Gasteiger partial charge is 0.483 e. The Kier molecular flexibility index (Phi) is 3.19. The van der Waals surface area contributed by atoms with E-state index >= 15 is 0 Å². The number of ether oxygens (including phenoxy) is 1. The molecule has 2 rings (SSSR count). The molecule has 0 amide bonds. The lowest BCUT2D eigenvalue weighted by Crippen LogP contribution is -2.25. The van der Waals surface area contributed by atoms with Gasteiger partial charge in [0.15, 0.2) is 0 Å². The monoisotopic (exact) mass is 226 g/mol. The van der Waals surface area contributed by atoms with Gasteiger partial charge < -0.3 is 4.74 Å². The first kappa shape index (κ1) is 11.7. The number of rotatable bonds is 3. The molecule has 0 bridgehead atoms. The Morgan fingerprint density at radius 3 is 2.24 bits per heavy atom. The molecule has 0 fully saturated rings. The van der Waals surface area contributed by atoms with Crippen LogP contribution in [0.5, 0.6) is 5.75 Å². The lowest BCUT2D eigenvalue weighted by molar-refractivity contribution is 0.109. The Hall–Kier alpha value is -1.76. The highest BCUT2D eigenvalue weighted by Gasteiger charge is 2.22. The van der Waals surface area contributed by atoms with Crippen LogP contribution in [0.4, 0.5) is 0 Å². The maximum atomic E-state index is 6.07. The standard InChI is InChI=1S/C16H18O/c1-13-8-7-11-15(12-13)17-16(2,3)14-9-5-4-6-10-14/h4-12H,1-3H3. The Labute approximate surface area is 103 Å². The summed E-state index contributed by atoms with van der Waals surface area (Å²) in [6.45, 7) is 6.25. The first-order valence-corrected chi connectivity index (χ1v) is 5.89. The molecule has 1 heteroatoms. The number of benzene rings is 2. The van der Waals surface area contributed by atoms with E-state index in [4.69, 9.17) is 4.74 Å². The molecule has 0 aliphatic rings. The van der Waals surface area contributed by atoms with Crippen molar-refractivity contribution >= 4 is 0 Å². The minimum absolute atomic E-state index is 0.310. The van der Waals surface area contributed by atoms with Gasteiger partial charge >= 0.3 is 0 Å². The van der Waals surface area contributed by atoms with Crippen molar-refractivity contribution in [1.82, 2.24) is 0 Å². The van der Waals surface area contributed by atoms with Crippen LogP contribution in [0, 0.1) is 6.92 Å². The molecule has 1 nitrogen and oxygen atoms in total. The topological polar surface area (TPSA) is 9.23 Å². The van der Waals surface area contributed by atoms with Gasteiger partial charge in [-0.25, -0.2) is 0 Å². The first-order valence-electron chi connectivity index (χ1n) is 5.89. The van der Waals surface area contributed by atoms with Crippen LogP contribution in [-0.2, 0) is 5.60 Å². The molecule has 0 radical (unpaired) electrons. The molecular formula is C16H18O. The molecule has 2 aromatic carbocycles. The quantitative estimate of drug-likeness (QED) is 0.757. The third-order valence-corrected chi connectivity index (χ3v) is 2.83. The van der Waals surface area contributed by atoms with E-state index in [0.29, 0.717) is 0 Å². The molecule has 88 valence electrons. The molecule has 2 aromatic rings. The third-order valence-electron chi connectivity index (χ3n) is 2.83. The van der Waals surface area contributed by atoms with Gasteiger partial charge in [-0.05, 0) is 44.0 Å². The van der Waals surface area contributed by atoms with Gasteiger partial charge in [0.2, 0.25) is 0 Å². The van der Waals surface area contributed by atoms with Crippen LogP contribution in [0.3, 0.4) is 0 Å². The fourth-order valence-corrected chi connectivity index (χ4v) is 1.87. The summed E-state index contributed by atoms with van der Waals surface area (Å²) in [5, 5.41) is 0. The van der Waals surface area contributed by atoms with Gasteiger partial charge in [0, 0.05) is 0 Å². The average Bonchev–Trinajstić information content (AvgIpc) is 2.29. The van der Waals surface area contributed by atoms with Crippen molar-refractivity contribution < 1.29 is 4.74 Å². The molecule has 0 heterocycles. The maximum absolute atomic E-state index is 6.07. The molecular weight excluding hydrogens is 208 g/mol. The van der Waals surface area contributed by atoms with Crippen LogP contribution in [-0.4, -0.2) is 0 Å². The molecule has 0 aliphatic heterocycles. The molecule has 17 heavy (non-hydrogen) atoms. The molecule has 0 aliphatic carbocycles. The zero-order valence-corrected chi connectivity index (χ0v) is 10.6. The van der Waals surface area contributed by atoms with Gasteiger partial charge in [-0.15, -0.1) is 0 Å². The Bertz CT molecular complexity index is 486. The maximum Gasteiger partial charge on any atom is 0.128 e. The van der Waals surface area contributed by atoms with E-state index in [1.54, 1.807) is 0 Å². The van der Waals surface area contributed by atoms with Crippen LogP contribution >= 0.6 is 0 Å². The van der Waals surface area contributed by atoms with E-state index in [1.165, 1.54) is 11.1 Å². The molecule has 0 unspecified atom stereocenters. The van der Waals surface area contributed by atoms with Gasteiger partial charge in [-0.1, -0.05) is 42.5 Å². The molecule has 0 N–H and O–H groups in total. The van der Waals surface area contributed by atoms with Crippen molar-refractivity contribution in [3.63, 3.8) is 0 Å².